The van der Waals surface area contributed by atoms with Gasteiger partial charge in [0.15, 0.2) is 5.17 Å². The smallest absolute Gasteiger partial charge is 0.344 e. The van der Waals surface area contributed by atoms with Crippen LogP contribution in [-0.2, 0) is 10.3 Å². The van der Waals surface area contributed by atoms with Gasteiger partial charge in [0.1, 0.15) is 16.3 Å². The number of aliphatic carboxylic acids is 1. The molecule has 2 heterocycles. The number of aliphatic imine (C=N–C) groups is 1. The Hall–Kier alpha value is -2.02. The highest BCUT2D eigenvalue weighted by molar-refractivity contribution is 8.18. The molecule has 0 saturated carbocycles. The van der Waals surface area contributed by atoms with Gasteiger partial charge in [-0.2, -0.15) is 0 Å². The molecule has 0 radical (unpaired) electrons. The molecular weight excluding hydrogens is 446 g/mol. The molecule has 0 spiro atoms. The lowest BCUT2D eigenvalue weighted by Crippen LogP contribution is -2.36. The molecule has 0 aliphatic carbocycles. The highest BCUT2D eigenvalue weighted by atomic mass is 35.5. The minimum Gasteiger partial charge on any atom is -0.477 e. The van der Waals surface area contributed by atoms with E-state index < -0.39 is 23.4 Å². The molecule has 4 nitrogen and oxygen atoms in total. The Morgan fingerprint density at radius 2 is 1.90 bits per heavy atom. The lowest BCUT2D eigenvalue weighted by atomic mass is 9.81. The van der Waals surface area contributed by atoms with Crippen LogP contribution in [0.4, 0.5) is 4.39 Å². The van der Waals surface area contributed by atoms with Crippen LogP contribution in [0.25, 0.3) is 0 Å². The van der Waals surface area contributed by atoms with E-state index in [0.29, 0.717) is 21.5 Å². The quantitative estimate of drug-likeness (QED) is 0.563. The van der Waals surface area contributed by atoms with Crippen molar-refractivity contribution in [1.29, 1.82) is 0 Å². The second-order valence-electron chi connectivity index (χ2n) is 7.77. The number of carboxylic acid groups (broad SMARTS) is 1. The van der Waals surface area contributed by atoms with E-state index in [2.05, 4.69) is 0 Å². The third-order valence-electron chi connectivity index (χ3n) is 5.44. The molecule has 2 atom stereocenters. The number of amidine groups is 1. The summed E-state index contributed by atoms with van der Waals surface area (Å²) >= 11 is 13.1. The van der Waals surface area contributed by atoms with Gasteiger partial charge < -0.3 is 10.0 Å². The topological polar surface area (TPSA) is 52.9 Å². The van der Waals surface area contributed by atoms with Crippen molar-refractivity contribution in [3.05, 3.63) is 80.1 Å². The number of carboxylic acids is 1. The van der Waals surface area contributed by atoms with Gasteiger partial charge in [0.2, 0.25) is 0 Å². The molecule has 2 aliphatic heterocycles. The normalized spacial score (nSPS) is 23.2. The fraction of sp³-hybridized carbons (Fsp3) is 0.273. The van der Waals surface area contributed by atoms with Gasteiger partial charge in [-0.15, -0.1) is 0 Å². The predicted molar refractivity (Wildman–Crippen MR) is 119 cm³/mol. The van der Waals surface area contributed by atoms with E-state index in [-0.39, 0.29) is 15.8 Å². The number of benzene rings is 2. The highest BCUT2D eigenvalue weighted by Gasteiger charge is 2.53. The monoisotopic (exact) mass is 464 g/mol. The molecule has 156 valence electrons. The van der Waals surface area contributed by atoms with Crippen molar-refractivity contribution in [3.8, 4) is 0 Å². The minimum absolute atomic E-state index is 0.0349. The molecule has 0 aromatic heterocycles. The average Bonchev–Trinajstić information content (AvgIpc) is 3.17. The second-order valence-corrected chi connectivity index (χ2v) is 9.59. The third-order valence-corrected chi connectivity index (χ3v) is 7.06. The first kappa shape index (κ1) is 21.2. The van der Waals surface area contributed by atoms with Gasteiger partial charge in [0.05, 0.1) is 11.1 Å². The van der Waals surface area contributed by atoms with E-state index in [0.717, 1.165) is 17.3 Å². The molecule has 30 heavy (non-hydrogen) atoms. The summed E-state index contributed by atoms with van der Waals surface area (Å²) < 4.78 is 14.4. The summed E-state index contributed by atoms with van der Waals surface area (Å²) in [6.07, 6.45) is 0. The Morgan fingerprint density at radius 3 is 2.47 bits per heavy atom. The van der Waals surface area contributed by atoms with E-state index >= 15 is 0 Å². The SMILES string of the molecule is CC(C)C1=C(C(=O)O)SC2=NC(C)(c3ccc(Cl)cc3)C(c3ccc(Cl)c(F)c3)N21. The van der Waals surface area contributed by atoms with Gasteiger partial charge >= 0.3 is 5.97 Å². The van der Waals surface area contributed by atoms with Gasteiger partial charge in [-0.1, -0.05) is 55.2 Å². The fourth-order valence-corrected chi connectivity index (χ4v) is 5.59. The fourth-order valence-electron chi connectivity index (χ4n) is 4.10. The van der Waals surface area contributed by atoms with Crippen molar-refractivity contribution in [2.75, 3.05) is 0 Å². The number of hydrogen-bond acceptors (Lipinski definition) is 4. The van der Waals surface area contributed by atoms with Crippen LogP contribution in [0.2, 0.25) is 10.0 Å². The van der Waals surface area contributed by atoms with Gasteiger partial charge in [-0.3, -0.25) is 0 Å². The van der Waals surface area contributed by atoms with Crippen molar-refractivity contribution in [1.82, 2.24) is 4.90 Å². The molecule has 0 bridgehead atoms. The summed E-state index contributed by atoms with van der Waals surface area (Å²) in [7, 11) is 0. The van der Waals surface area contributed by atoms with Crippen LogP contribution in [0.1, 0.15) is 37.9 Å². The molecule has 2 unspecified atom stereocenters. The van der Waals surface area contributed by atoms with Crippen molar-refractivity contribution in [2.24, 2.45) is 10.9 Å². The van der Waals surface area contributed by atoms with Crippen molar-refractivity contribution < 1.29 is 14.3 Å². The summed E-state index contributed by atoms with van der Waals surface area (Å²) in [5, 5.41) is 11.0. The molecule has 4 rings (SSSR count). The van der Waals surface area contributed by atoms with Crippen LogP contribution in [0.15, 0.2) is 58.1 Å². The maximum Gasteiger partial charge on any atom is 0.344 e. The van der Waals surface area contributed by atoms with E-state index in [1.165, 1.54) is 12.1 Å². The van der Waals surface area contributed by atoms with Crippen LogP contribution < -0.4 is 0 Å². The number of carbonyl (C=O) groups is 1. The minimum atomic E-state index is -0.991. The number of halogens is 3. The maximum absolute atomic E-state index is 14.4. The molecule has 2 aliphatic rings. The number of rotatable bonds is 4. The molecule has 2 aromatic rings. The summed E-state index contributed by atoms with van der Waals surface area (Å²) in [5.74, 6) is -1.58. The van der Waals surface area contributed by atoms with Crippen molar-refractivity contribution >= 4 is 46.1 Å². The van der Waals surface area contributed by atoms with E-state index in [1.54, 1.807) is 18.2 Å². The number of allylic oxidation sites excluding steroid dienone is 1. The Morgan fingerprint density at radius 1 is 1.23 bits per heavy atom. The molecule has 0 fully saturated rings. The lowest BCUT2D eigenvalue weighted by Gasteiger charge is -2.37. The first-order valence-corrected chi connectivity index (χ1v) is 11.0. The molecule has 1 N–H and O–H groups in total. The Balaban J connectivity index is 1.94. The predicted octanol–water partition coefficient (Wildman–Crippen LogP) is 6.46. The van der Waals surface area contributed by atoms with E-state index in [4.69, 9.17) is 28.2 Å². The first-order chi connectivity index (χ1) is 14.1. The molecule has 8 heteroatoms. The van der Waals surface area contributed by atoms with Gasteiger partial charge in [-0.05, 0) is 60.0 Å². The standard InChI is InChI=1S/C22H19Cl2FN2O2S/c1-11(2)17-18(20(28)29)30-21-26-22(3,13-5-7-14(23)8-6-13)19(27(17)21)12-4-9-15(24)16(25)10-12/h4-11,19H,1-3H3,(H,28,29). The zero-order valence-corrected chi connectivity index (χ0v) is 18.8. The van der Waals surface area contributed by atoms with Crippen LogP contribution >= 0.6 is 35.0 Å². The Kier molecular flexibility index (Phi) is 5.37. The summed E-state index contributed by atoms with van der Waals surface area (Å²) in [4.78, 5) is 19.1. The third kappa shape index (κ3) is 3.31. The largest absolute Gasteiger partial charge is 0.477 e. The summed E-state index contributed by atoms with van der Waals surface area (Å²) in [6, 6.07) is 11.6. The van der Waals surface area contributed by atoms with Crippen molar-refractivity contribution in [2.45, 2.75) is 32.4 Å². The molecule has 0 saturated heterocycles. The number of hydrogen-bond donors (Lipinski definition) is 1. The van der Waals surface area contributed by atoms with Gasteiger partial charge in [0.25, 0.3) is 0 Å². The lowest BCUT2D eigenvalue weighted by molar-refractivity contribution is -0.131. The molecule has 2 aromatic carbocycles. The van der Waals surface area contributed by atoms with Crippen LogP contribution in [-0.4, -0.2) is 21.1 Å². The zero-order valence-electron chi connectivity index (χ0n) is 16.5. The zero-order chi connectivity index (χ0) is 21.8. The summed E-state index contributed by atoms with van der Waals surface area (Å²) in [6.45, 7) is 5.86. The first-order valence-electron chi connectivity index (χ1n) is 9.39. The second kappa shape index (κ2) is 7.59. The van der Waals surface area contributed by atoms with Gasteiger partial charge in [-0.25, -0.2) is 14.2 Å². The number of thioether (sulfide) groups is 1. The maximum atomic E-state index is 14.4. The van der Waals surface area contributed by atoms with Crippen LogP contribution in [0, 0.1) is 11.7 Å². The highest BCUT2D eigenvalue weighted by Crippen LogP contribution is 2.56. The van der Waals surface area contributed by atoms with Crippen LogP contribution in [0.3, 0.4) is 0 Å². The average molecular weight is 465 g/mol. The Labute approximate surface area is 188 Å². The number of nitrogens with zero attached hydrogens (tertiary/aromatic N) is 2. The number of fused-ring (bicyclic) bond motifs is 1. The molecule has 0 amide bonds. The van der Waals surface area contributed by atoms with E-state index in [9.17, 15) is 14.3 Å². The van der Waals surface area contributed by atoms with Gasteiger partial charge in [0, 0.05) is 10.7 Å². The summed E-state index contributed by atoms with van der Waals surface area (Å²) in [5.41, 5.74) is 1.45. The molecular formula is C22H19Cl2FN2O2S. The van der Waals surface area contributed by atoms with E-state index in [1.807, 2.05) is 37.8 Å². The Bertz CT molecular complexity index is 1100. The van der Waals surface area contributed by atoms with Crippen molar-refractivity contribution in [3.63, 3.8) is 0 Å². The van der Waals surface area contributed by atoms with Crippen LogP contribution in [0.5, 0.6) is 0 Å².